The van der Waals surface area contributed by atoms with E-state index in [0.29, 0.717) is 0 Å². The number of nitrogens with one attached hydrogen (secondary N) is 1. The molecular weight excluding hydrogens is 370 g/mol. The maximum Gasteiger partial charge on any atom is 0.408 e. The van der Waals surface area contributed by atoms with E-state index in [1.165, 1.54) is 24.3 Å². The molecule has 6 nitrogen and oxygen atoms in total. The van der Waals surface area contributed by atoms with Crippen molar-refractivity contribution in [3.63, 3.8) is 0 Å². The molecule has 0 saturated heterocycles. The highest BCUT2D eigenvalue weighted by Crippen LogP contribution is 2.44. The zero-order valence-corrected chi connectivity index (χ0v) is 15.4. The van der Waals surface area contributed by atoms with Gasteiger partial charge in [0.2, 0.25) is 0 Å². The second-order valence-electron chi connectivity index (χ2n) is 6.84. The van der Waals surface area contributed by atoms with Gasteiger partial charge < -0.3 is 20.3 Å². The summed E-state index contributed by atoms with van der Waals surface area (Å²) < 4.78 is 5.40. The van der Waals surface area contributed by atoms with E-state index in [-0.39, 0.29) is 23.8 Å². The van der Waals surface area contributed by atoms with Crippen molar-refractivity contribution in [3.8, 4) is 16.9 Å². The Labute approximate surface area is 167 Å². The normalized spacial score (nSPS) is 13.2. The van der Waals surface area contributed by atoms with Crippen LogP contribution in [0, 0.1) is 0 Å². The molecule has 29 heavy (non-hydrogen) atoms. The Balaban J connectivity index is 1.49. The number of alkyl carbamates (subject to hydrolysis) is 1. The minimum Gasteiger partial charge on any atom is -0.508 e. The molecule has 4 rings (SSSR count). The lowest BCUT2D eigenvalue weighted by atomic mass is 9.98. The summed E-state index contributed by atoms with van der Waals surface area (Å²) in [6, 6.07) is 20.4. The van der Waals surface area contributed by atoms with Crippen molar-refractivity contribution < 1.29 is 24.5 Å². The molecule has 0 fully saturated rings. The average molecular weight is 389 g/mol. The molecule has 0 spiro atoms. The Hall–Kier alpha value is -3.80. The molecule has 0 heterocycles. The summed E-state index contributed by atoms with van der Waals surface area (Å²) in [5, 5.41) is 21.4. The van der Waals surface area contributed by atoms with E-state index in [1.807, 2.05) is 48.5 Å². The van der Waals surface area contributed by atoms with E-state index in [2.05, 4.69) is 5.32 Å². The van der Waals surface area contributed by atoms with Crippen molar-refractivity contribution in [2.45, 2.75) is 12.0 Å². The highest BCUT2D eigenvalue weighted by Gasteiger charge is 2.30. The number of carbonyl (C=O) groups is 2. The van der Waals surface area contributed by atoms with Crippen LogP contribution in [0.1, 0.15) is 28.7 Å². The van der Waals surface area contributed by atoms with Crippen LogP contribution >= 0.6 is 0 Å². The number of phenols is 1. The fourth-order valence-electron chi connectivity index (χ4n) is 3.75. The van der Waals surface area contributed by atoms with Crippen LogP contribution < -0.4 is 5.32 Å². The second kappa shape index (κ2) is 7.67. The lowest BCUT2D eigenvalue weighted by Crippen LogP contribution is -2.34. The highest BCUT2D eigenvalue weighted by molar-refractivity contribution is 5.82. The third kappa shape index (κ3) is 3.65. The number of hydrogen-bond donors (Lipinski definition) is 3. The summed E-state index contributed by atoms with van der Waals surface area (Å²) in [5.41, 5.74) is 4.63. The number of aromatic hydroxyl groups is 1. The van der Waals surface area contributed by atoms with E-state index in [0.717, 1.165) is 22.3 Å². The van der Waals surface area contributed by atoms with Gasteiger partial charge in [0.25, 0.3) is 0 Å². The highest BCUT2D eigenvalue weighted by atomic mass is 16.5. The summed E-state index contributed by atoms with van der Waals surface area (Å²) in [6.07, 6.45) is -0.831. The first-order valence-corrected chi connectivity index (χ1v) is 9.18. The largest absolute Gasteiger partial charge is 0.508 e. The minimum absolute atomic E-state index is 0.0805. The summed E-state index contributed by atoms with van der Waals surface area (Å²) in [4.78, 5) is 23.9. The first-order chi connectivity index (χ1) is 14.0. The molecule has 146 valence electrons. The van der Waals surface area contributed by atoms with Gasteiger partial charge in [-0.25, -0.2) is 9.59 Å². The van der Waals surface area contributed by atoms with E-state index in [1.54, 1.807) is 0 Å². The van der Waals surface area contributed by atoms with Crippen molar-refractivity contribution in [1.82, 2.24) is 5.32 Å². The third-order valence-corrected chi connectivity index (χ3v) is 5.06. The van der Waals surface area contributed by atoms with Crippen LogP contribution in [-0.4, -0.2) is 28.9 Å². The molecule has 1 atom stereocenters. The zero-order chi connectivity index (χ0) is 20.4. The van der Waals surface area contributed by atoms with Crippen LogP contribution in [0.5, 0.6) is 5.75 Å². The smallest absolute Gasteiger partial charge is 0.408 e. The minimum atomic E-state index is -1.32. The average Bonchev–Trinajstić information content (AvgIpc) is 3.04. The second-order valence-corrected chi connectivity index (χ2v) is 6.84. The molecule has 0 aromatic heterocycles. The van der Waals surface area contributed by atoms with Crippen molar-refractivity contribution in [2.24, 2.45) is 0 Å². The summed E-state index contributed by atoms with van der Waals surface area (Å²) in [6.45, 7) is 0.0895. The number of phenolic OH excluding ortho intramolecular Hbond substituents is 1. The maximum atomic E-state index is 12.3. The number of aliphatic carboxylic acids is 1. The summed E-state index contributed by atoms with van der Waals surface area (Å²) in [5.74, 6) is -1.44. The van der Waals surface area contributed by atoms with Crippen LogP contribution in [0.3, 0.4) is 0 Å². The van der Waals surface area contributed by atoms with Gasteiger partial charge in [-0.1, -0.05) is 60.7 Å². The SMILES string of the molecule is O=C(NC(C(=O)O)c1cccc(O)c1)OCC1c2ccccc2-c2ccccc21. The van der Waals surface area contributed by atoms with Gasteiger partial charge in [0.15, 0.2) is 6.04 Å². The van der Waals surface area contributed by atoms with Crippen LogP contribution in [0.4, 0.5) is 4.79 Å². The van der Waals surface area contributed by atoms with E-state index < -0.39 is 18.1 Å². The lowest BCUT2D eigenvalue weighted by Gasteiger charge is -2.18. The van der Waals surface area contributed by atoms with Gasteiger partial charge in [0.1, 0.15) is 12.4 Å². The van der Waals surface area contributed by atoms with Gasteiger partial charge >= 0.3 is 12.1 Å². The number of ether oxygens (including phenoxy) is 1. The number of hydrogen-bond acceptors (Lipinski definition) is 4. The molecule has 1 unspecified atom stereocenters. The number of carbonyl (C=O) groups excluding carboxylic acids is 1. The third-order valence-electron chi connectivity index (χ3n) is 5.06. The number of amides is 1. The summed E-state index contributed by atoms with van der Waals surface area (Å²) in [7, 11) is 0. The van der Waals surface area contributed by atoms with Crippen LogP contribution in [0.25, 0.3) is 11.1 Å². The van der Waals surface area contributed by atoms with Crippen LogP contribution in [-0.2, 0) is 9.53 Å². The van der Waals surface area contributed by atoms with Gasteiger partial charge in [0, 0.05) is 5.92 Å². The molecule has 1 aliphatic rings. The number of carboxylic acid groups (broad SMARTS) is 1. The zero-order valence-electron chi connectivity index (χ0n) is 15.4. The van der Waals surface area contributed by atoms with Gasteiger partial charge in [-0.05, 0) is 39.9 Å². The molecule has 0 bridgehead atoms. The predicted octanol–water partition coefficient (Wildman–Crippen LogP) is 4.06. The molecule has 1 aliphatic carbocycles. The number of carboxylic acids is 1. The molecule has 0 aliphatic heterocycles. The van der Waals surface area contributed by atoms with E-state index in [9.17, 15) is 19.8 Å². The molecule has 3 N–H and O–H groups in total. The van der Waals surface area contributed by atoms with Crippen molar-refractivity contribution in [1.29, 1.82) is 0 Å². The van der Waals surface area contributed by atoms with Crippen molar-refractivity contribution in [2.75, 3.05) is 6.61 Å². The van der Waals surface area contributed by atoms with Crippen molar-refractivity contribution in [3.05, 3.63) is 89.5 Å². The molecule has 6 heteroatoms. The van der Waals surface area contributed by atoms with Gasteiger partial charge in [-0.3, -0.25) is 0 Å². The molecule has 1 amide bonds. The quantitative estimate of drug-likeness (QED) is 0.612. The van der Waals surface area contributed by atoms with Crippen LogP contribution in [0.15, 0.2) is 72.8 Å². The lowest BCUT2D eigenvalue weighted by molar-refractivity contribution is -0.139. The Morgan fingerprint density at radius 1 is 0.931 bits per heavy atom. The predicted molar refractivity (Wildman–Crippen MR) is 107 cm³/mol. The van der Waals surface area contributed by atoms with E-state index in [4.69, 9.17) is 4.74 Å². The topological polar surface area (TPSA) is 95.9 Å². The van der Waals surface area contributed by atoms with Crippen LogP contribution in [0.2, 0.25) is 0 Å². The number of fused-ring (bicyclic) bond motifs is 3. The molecule has 0 saturated carbocycles. The van der Waals surface area contributed by atoms with Gasteiger partial charge in [-0.2, -0.15) is 0 Å². The first-order valence-electron chi connectivity index (χ1n) is 9.18. The maximum absolute atomic E-state index is 12.3. The Morgan fingerprint density at radius 2 is 1.55 bits per heavy atom. The fourth-order valence-corrected chi connectivity index (χ4v) is 3.75. The fraction of sp³-hybridized carbons (Fsp3) is 0.130. The molecule has 3 aromatic carbocycles. The Kier molecular flexibility index (Phi) is 4.91. The monoisotopic (exact) mass is 389 g/mol. The van der Waals surface area contributed by atoms with Gasteiger partial charge in [-0.15, -0.1) is 0 Å². The Bertz CT molecular complexity index is 1030. The Morgan fingerprint density at radius 3 is 2.14 bits per heavy atom. The van der Waals surface area contributed by atoms with Gasteiger partial charge in [0.05, 0.1) is 0 Å². The molecule has 0 radical (unpaired) electrons. The summed E-state index contributed by atoms with van der Waals surface area (Å²) >= 11 is 0. The molecular formula is C23H19NO5. The van der Waals surface area contributed by atoms with E-state index >= 15 is 0 Å². The number of rotatable bonds is 5. The first kappa shape index (κ1) is 18.6. The molecule has 3 aromatic rings. The number of benzene rings is 3. The van der Waals surface area contributed by atoms with Crippen molar-refractivity contribution >= 4 is 12.1 Å². The standard InChI is InChI=1S/C23H19NO5/c25-15-7-5-6-14(12-15)21(22(26)27)24-23(28)29-13-20-18-10-3-1-8-16(18)17-9-2-4-11-19(17)20/h1-12,20-21,25H,13H2,(H,24,28)(H,26,27).